The van der Waals surface area contributed by atoms with Crippen LogP contribution in [0, 0.1) is 6.92 Å². The second kappa shape index (κ2) is 4.02. The van der Waals surface area contributed by atoms with Gasteiger partial charge in [-0.25, -0.2) is 14.6 Å². The van der Waals surface area contributed by atoms with Gasteiger partial charge >= 0.3 is 11.7 Å². The van der Waals surface area contributed by atoms with Gasteiger partial charge in [-0.15, -0.1) is 0 Å². The number of aryl methyl sites for hydroxylation is 1. The number of nitrogens with zero attached hydrogens (tertiary/aromatic N) is 1. The van der Waals surface area contributed by atoms with Gasteiger partial charge in [-0.2, -0.15) is 0 Å². The molecule has 0 spiro atoms. The van der Waals surface area contributed by atoms with Gasteiger partial charge in [-0.3, -0.25) is 9.78 Å². The molecular formula is C13H9N3O4. The van der Waals surface area contributed by atoms with E-state index >= 15 is 0 Å². The highest BCUT2D eigenvalue weighted by Crippen LogP contribution is 2.23. The fourth-order valence-electron chi connectivity index (χ4n) is 2.19. The molecule has 0 aliphatic heterocycles. The van der Waals surface area contributed by atoms with E-state index < -0.39 is 17.2 Å². The molecule has 0 amide bonds. The number of hydrogen-bond donors (Lipinski definition) is 3. The molecule has 3 aromatic rings. The third kappa shape index (κ3) is 1.68. The summed E-state index contributed by atoms with van der Waals surface area (Å²) in [5, 5.41) is 9.77. The fraction of sp³-hybridized carbons (Fsp3) is 0.0769. The van der Waals surface area contributed by atoms with E-state index in [-0.39, 0.29) is 16.6 Å². The van der Waals surface area contributed by atoms with Crippen LogP contribution in [0.1, 0.15) is 15.9 Å². The van der Waals surface area contributed by atoms with Crippen molar-refractivity contribution >= 4 is 27.9 Å². The van der Waals surface area contributed by atoms with E-state index in [1.807, 2.05) is 11.9 Å². The van der Waals surface area contributed by atoms with Gasteiger partial charge in [-0.1, -0.05) is 11.6 Å². The van der Waals surface area contributed by atoms with Crippen LogP contribution in [0.5, 0.6) is 0 Å². The minimum absolute atomic E-state index is 0.0654. The molecule has 0 saturated carbocycles. The van der Waals surface area contributed by atoms with Crippen LogP contribution in [0.25, 0.3) is 21.9 Å². The molecule has 0 aliphatic rings. The van der Waals surface area contributed by atoms with Crippen LogP contribution in [-0.4, -0.2) is 26.0 Å². The lowest BCUT2D eigenvalue weighted by molar-refractivity contribution is 0.0701. The predicted octanol–water partition coefficient (Wildman–Crippen LogP) is 0.771. The fourth-order valence-corrected chi connectivity index (χ4v) is 2.19. The number of carboxylic acids is 1. The third-order valence-electron chi connectivity index (χ3n) is 3.03. The van der Waals surface area contributed by atoms with Crippen LogP contribution >= 0.6 is 0 Å². The van der Waals surface area contributed by atoms with Crippen molar-refractivity contribution in [3.63, 3.8) is 0 Å². The Morgan fingerprint density at radius 2 is 2.00 bits per heavy atom. The average Bonchev–Trinajstić information content (AvgIpc) is 2.36. The summed E-state index contributed by atoms with van der Waals surface area (Å²) >= 11 is 0. The number of rotatable bonds is 1. The first-order valence-electron chi connectivity index (χ1n) is 5.77. The maximum Gasteiger partial charge on any atom is 0.338 e. The number of pyridine rings is 1. The zero-order chi connectivity index (χ0) is 14.4. The Kier molecular flexibility index (Phi) is 2.43. The van der Waals surface area contributed by atoms with Crippen molar-refractivity contribution in [1.29, 1.82) is 0 Å². The molecule has 0 fully saturated rings. The van der Waals surface area contributed by atoms with Gasteiger partial charge in [-0.05, 0) is 19.1 Å². The maximum atomic E-state index is 11.8. The predicted molar refractivity (Wildman–Crippen MR) is 72.2 cm³/mol. The Labute approximate surface area is 110 Å². The van der Waals surface area contributed by atoms with Crippen molar-refractivity contribution in [2.24, 2.45) is 0 Å². The molecule has 7 heteroatoms. The quantitative estimate of drug-likeness (QED) is 0.565. The highest BCUT2D eigenvalue weighted by molar-refractivity contribution is 6.12. The number of hydrogen-bond acceptors (Lipinski definition) is 4. The molecule has 100 valence electrons. The molecule has 3 N–H and O–H groups in total. The van der Waals surface area contributed by atoms with Crippen molar-refractivity contribution in [3.8, 4) is 0 Å². The molecule has 0 radical (unpaired) electrons. The Balaban J connectivity index is 2.70. The van der Waals surface area contributed by atoms with E-state index in [2.05, 4.69) is 9.97 Å². The summed E-state index contributed by atoms with van der Waals surface area (Å²) in [6.07, 6.45) is 0. The lowest BCUT2D eigenvalue weighted by Crippen LogP contribution is -2.24. The van der Waals surface area contributed by atoms with E-state index in [1.165, 1.54) is 0 Å². The lowest BCUT2D eigenvalue weighted by atomic mass is 10.0. The minimum Gasteiger partial charge on any atom is -0.478 e. The molecule has 7 nitrogen and oxygen atoms in total. The second-order valence-electron chi connectivity index (χ2n) is 4.44. The zero-order valence-corrected chi connectivity index (χ0v) is 10.4. The number of carboxylic acid groups (broad SMARTS) is 1. The highest BCUT2D eigenvalue weighted by atomic mass is 16.4. The summed E-state index contributed by atoms with van der Waals surface area (Å²) in [5.41, 5.74) is -0.529. The third-order valence-corrected chi connectivity index (χ3v) is 3.03. The Morgan fingerprint density at radius 3 is 2.70 bits per heavy atom. The van der Waals surface area contributed by atoms with Gasteiger partial charge in [0.05, 0.1) is 16.6 Å². The molecule has 3 rings (SSSR count). The molecule has 0 saturated heterocycles. The first kappa shape index (κ1) is 12.1. The first-order chi connectivity index (χ1) is 9.47. The minimum atomic E-state index is -1.23. The second-order valence-corrected chi connectivity index (χ2v) is 4.44. The number of nitrogens with one attached hydrogen (secondary N) is 2. The van der Waals surface area contributed by atoms with Crippen molar-refractivity contribution in [1.82, 2.24) is 15.0 Å². The van der Waals surface area contributed by atoms with Gasteiger partial charge in [0.2, 0.25) is 0 Å². The smallest absolute Gasteiger partial charge is 0.338 e. The van der Waals surface area contributed by atoms with Crippen LogP contribution in [-0.2, 0) is 0 Å². The highest BCUT2D eigenvalue weighted by Gasteiger charge is 2.18. The molecule has 0 atom stereocenters. The van der Waals surface area contributed by atoms with Crippen molar-refractivity contribution < 1.29 is 9.90 Å². The standard InChI is InChI=1S/C13H9N3O4/c1-5-2-3-7-6(4-5)8(12(18)19)9-10(14-7)11(17)16-13(20)15-9/h2-4H,1H3,(H,18,19)(H2,15,16,17,20). The average molecular weight is 271 g/mol. The molecule has 0 aliphatic carbocycles. The van der Waals surface area contributed by atoms with Crippen LogP contribution in [0.15, 0.2) is 27.8 Å². The van der Waals surface area contributed by atoms with Crippen molar-refractivity contribution in [3.05, 3.63) is 50.2 Å². The number of H-pyrrole nitrogens is 2. The number of aromatic amines is 2. The zero-order valence-electron chi connectivity index (χ0n) is 10.4. The number of aromatic carboxylic acids is 1. The molecule has 1 aromatic carbocycles. The first-order valence-corrected chi connectivity index (χ1v) is 5.77. The summed E-state index contributed by atoms with van der Waals surface area (Å²) in [5.74, 6) is -1.23. The topological polar surface area (TPSA) is 116 Å². The molecule has 0 unspecified atom stereocenters. The molecule has 20 heavy (non-hydrogen) atoms. The van der Waals surface area contributed by atoms with E-state index in [1.54, 1.807) is 18.2 Å². The summed E-state index contributed by atoms with van der Waals surface area (Å²) < 4.78 is 0. The monoisotopic (exact) mass is 271 g/mol. The molecule has 2 heterocycles. The van der Waals surface area contributed by atoms with Gasteiger partial charge < -0.3 is 10.1 Å². The van der Waals surface area contributed by atoms with Crippen LogP contribution in [0.2, 0.25) is 0 Å². The van der Waals surface area contributed by atoms with Crippen LogP contribution in [0.3, 0.4) is 0 Å². The summed E-state index contributed by atoms with van der Waals surface area (Å²) in [6.45, 7) is 1.82. The van der Waals surface area contributed by atoms with Crippen LogP contribution in [0.4, 0.5) is 0 Å². The number of fused-ring (bicyclic) bond motifs is 2. The van der Waals surface area contributed by atoms with Crippen molar-refractivity contribution in [2.75, 3.05) is 0 Å². The van der Waals surface area contributed by atoms with E-state index in [0.717, 1.165) is 5.56 Å². The molecule has 2 aromatic heterocycles. The Morgan fingerprint density at radius 1 is 1.25 bits per heavy atom. The molecule has 0 bridgehead atoms. The Bertz CT molecular complexity index is 984. The van der Waals surface area contributed by atoms with E-state index in [4.69, 9.17) is 0 Å². The summed E-state index contributed by atoms with van der Waals surface area (Å²) in [4.78, 5) is 43.1. The number of carbonyl (C=O) groups is 1. The van der Waals surface area contributed by atoms with Gasteiger partial charge in [0.1, 0.15) is 0 Å². The lowest BCUT2D eigenvalue weighted by Gasteiger charge is -2.07. The largest absolute Gasteiger partial charge is 0.478 e. The van der Waals surface area contributed by atoms with Crippen LogP contribution < -0.4 is 11.2 Å². The summed E-state index contributed by atoms with van der Waals surface area (Å²) in [7, 11) is 0. The van der Waals surface area contributed by atoms with E-state index in [0.29, 0.717) is 10.9 Å². The normalized spacial score (nSPS) is 11.1. The Hall–Kier alpha value is -2.96. The van der Waals surface area contributed by atoms with Crippen molar-refractivity contribution in [2.45, 2.75) is 6.92 Å². The van der Waals surface area contributed by atoms with Gasteiger partial charge in [0, 0.05) is 5.39 Å². The maximum absolute atomic E-state index is 11.8. The van der Waals surface area contributed by atoms with E-state index in [9.17, 15) is 19.5 Å². The summed E-state index contributed by atoms with van der Waals surface area (Å²) in [6, 6.07) is 5.07. The van der Waals surface area contributed by atoms with Gasteiger partial charge in [0.15, 0.2) is 5.52 Å². The van der Waals surface area contributed by atoms with Gasteiger partial charge in [0.25, 0.3) is 5.56 Å². The SMILES string of the molecule is Cc1ccc2nc3c(=O)[nH]c(=O)[nH]c3c(C(=O)O)c2c1. The number of aromatic nitrogens is 3. The number of benzene rings is 1. The molecular weight excluding hydrogens is 262 g/mol.